The molecule has 4 aromatic rings. The molecular formula is C26H35N7S. The molecular weight excluding hydrogens is 442 g/mol. The van der Waals surface area contributed by atoms with Crippen LogP contribution in [0.25, 0.3) is 16.6 Å². The van der Waals surface area contributed by atoms with Gasteiger partial charge >= 0.3 is 0 Å². The normalized spacial score (nSPS) is 12.2. The van der Waals surface area contributed by atoms with E-state index in [1.807, 2.05) is 65.2 Å². The fourth-order valence-corrected chi connectivity index (χ4v) is 4.33. The van der Waals surface area contributed by atoms with Crippen molar-refractivity contribution in [1.29, 1.82) is 5.26 Å². The van der Waals surface area contributed by atoms with Gasteiger partial charge in [0.25, 0.3) is 0 Å². The number of nitrogens with zero attached hydrogens (tertiary/aromatic N) is 5. The third-order valence-electron chi connectivity index (χ3n) is 4.90. The molecule has 0 amide bonds. The monoisotopic (exact) mass is 477 g/mol. The number of aromatic nitrogens is 5. The first-order valence-corrected chi connectivity index (χ1v) is 12.8. The summed E-state index contributed by atoms with van der Waals surface area (Å²) < 4.78 is 1.74. The van der Waals surface area contributed by atoms with Crippen LogP contribution >= 0.6 is 11.8 Å². The second-order valence-corrected chi connectivity index (χ2v) is 8.11. The Morgan fingerprint density at radius 1 is 1.06 bits per heavy atom. The summed E-state index contributed by atoms with van der Waals surface area (Å²) in [7, 11) is 0. The number of hydrogen-bond acceptors (Lipinski definition) is 6. The van der Waals surface area contributed by atoms with Crippen molar-refractivity contribution in [2.75, 3.05) is 13.1 Å². The van der Waals surface area contributed by atoms with Crippen LogP contribution in [-0.2, 0) is 0 Å². The summed E-state index contributed by atoms with van der Waals surface area (Å²) in [6.07, 6.45) is 13.1. The van der Waals surface area contributed by atoms with Gasteiger partial charge in [-0.1, -0.05) is 51.9 Å². The number of rotatable bonds is 3. The van der Waals surface area contributed by atoms with Crippen molar-refractivity contribution in [2.24, 2.45) is 0 Å². The van der Waals surface area contributed by atoms with Crippen molar-refractivity contribution >= 4 is 17.3 Å². The van der Waals surface area contributed by atoms with Gasteiger partial charge in [-0.25, -0.2) is 9.50 Å². The highest BCUT2D eigenvalue weighted by Gasteiger charge is 2.14. The first-order chi connectivity index (χ1) is 16.8. The summed E-state index contributed by atoms with van der Waals surface area (Å²) in [5, 5.41) is 24.7. The Kier molecular flexibility index (Phi) is 11.9. The predicted octanol–water partition coefficient (Wildman–Crippen LogP) is 6.26. The molecule has 1 aliphatic rings. The second-order valence-electron chi connectivity index (χ2n) is 7.08. The van der Waals surface area contributed by atoms with Crippen LogP contribution < -0.4 is 5.32 Å². The second kappa shape index (κ2) is 14.9. The minimum atomic E-state index is 0.546. The highest BCUT2D eigenvalue weighted by atomic mass is 32.2. The molecule has 2 N–H and O–H groups in total. The van der Waals surface area contributed by atoms with Gasteiger partial charge in [0.05, 0.1) is 23.5 Å². The molecule has 0 spiro atoms. The molecule has 0 atom stereocenters. The molecule has 0 bridgehead atoms. The number of H-pyrrole nitrogens is 1. The molecule has 1 fully saturated rings. The van der Waals surface area contributed by atoms with E-state index in [1.165, 1.54) is 44.1 Å². The van der Waals surface area contributed by atoms with Crippen molar-refractivity contribution in [3.05, 3.63) is 60.3 Å². The van der Waals surface area contributed by atoms with Crippen LogP contribution in [-0.4, -0.2) is 37.9 Å². The van der Waals surface area contributed by atoms with Crippen molar-refractivity contribution in [3.63, 3.8) is 0 Å². The van der Waals surface area contributed by atoms with Crippen LogP contribution in [0, 0.1) is 18.3 Å². The highest BCUT2D eigenvalue weighted by molar-refractivity contribution is 7.99. The van der Waals surface area contributed by atoms with Gasteiger partial charge < -0.3 is 5.32 Å². The Morgan fingerprint density at radius 3 is 2.38 bits per heavy atom. The molecule has 34 heavy (non-hydrogen) atoms. The fraction of sp³-hybridized carbons (Fsp3) is 0.385. The van der Waals surface area contributed by atoms with Gasteiger partial charge in [0.15, 0.2) is 0 Å². The molecule has 1 saturated heterocycles. The number of piperidine rings is 1. The maximum Gasteiger partial charge on any atom is 0.104 e. The molecule has 5 rings (SSSR count). The standard InChI is InChI=1S/C17H12N6S.C5H11N.2C2H6/c1-11-3-2-4-19-17(11)24-15-5-12(14-7-20-21-8-14)10-23-16(15)13(6-18)9-22-23;1-2-4-6-5-3-1;2*1-2/h2-5,7-10H,1H3,(H,20,21);6H,1-5H2;2*1-2H3. The van der Waals surface area contributed by atoms with Crippen LogP contribution in [0.2, 0.25) is 0 Å². The Bertz CT molecular complexity index is 1140. The molecule has 0 aromatic carbocycles. The molecule has 7 nitrogen and oxygen atoms in total. The molecule has 0 saturated carbocycles. The topological polar surface area (TPSA) is 94.7 Å². The van der Waals surface area contributed by atoms with E-state index in [-0.39, 0.29) is 0 Å². The highest BCUT2D eigenvalue weighted by Crippen LogP contribution is 2.35. The number of hydrogen-bond donors (Lipinski definition) is 2. The molecule has 5 heterocycles. The van der Waals surface area contributed by atoms with Gasteiger partial charge in [0, 0.05) is 34.6 Å². The molecule has 0 radical (unpaired) electrons. The zero-order chi connectivity index (χ0) is 24.8. The predicted molar refractivity (Wildman–Crippen MR) is 140 cm³/mol. The number of aryl methyl sites for hydroxylation is 1. The van der Waals surface area contributed by atoms with Crippen molar-refractivity contribution < 1.29 is 0 Å². The lowest BCUT2D eigenvalue weighted by atomic mass is 10.1. The average Bonchev–Trinajstić information content (AvgIpc) is 3.60. The summed E-state index contributed by atoms with van der Waals surface area (Å²) >= 11 is 1.54. The van der Waals surface area contributed by atoms with E-state index in [2.05, 4.69) is 31.7 Å². The first kappa shape index (κ1) is 27.1. The Balaban J connectivity index is 0.000000347. The van der Waals surface area contributed by atoms with E-state index in [1.54, 1.807) is 23.1 Å². The van der Waals surface area contributed by atoms with Gasteiger partial charge in [-0.3, -0.25) is 5.10 Å². The molecule has 4 aromatic heterocycles. The average molecular weight is 478 g/mol. The van der Waals surface area contributed by atoms with E-state index in [4.69, 9.17) is 0 Å². The van der Waals surface area contributed by atoms with Gasteiger partial charge in [-0.15, -0.1) is 0 Å². The maximum atomic E-state index is 9.38. The van der Waals surface area contributed by atoms with E-state index in [9.17, 15) is 5.26 Å². The lowest BCUT2D eigenvalue weighted by molar-refractivity contribution is 0.520. The molecule has 0 unspecified atom stereocenters. The summed E-state index contributed by atoms with van der Waals surface area (Å²) in [4.78, 5) is 5.38. The minimum Gasteiger partial charge on any atom is -0.317 e. The molecule has 0 aliphatic carbocycles. The third-order valence-corrected chi connectivity index (χ3v) is 6.06. The summed E-state index contributed by atoms with van der Waals surface area (Å²) in [5.74, 6) is 0. The molecule has 1 aliphatic heterocycles. The lowest BCUT2D eigenvalue weighted by Crippen LogP contribution is -2.21. The number of pyridine rings is 2. The van der Waals surface area contributed by atoms with Gasteiger partial charge in [0.1, 0.15) is 11.1 Å². The smallest absolute Gasteiger partial charge is 0.104 e. The van der Waals surface area contributed by atoms with Crippen molar-refractivity contribution in [1.82, 2.24) is 30.1 Å². The van der Waals surface area contributed by atoms with Crippen LogP contribution in [0.15, 0.2) is 59.1 Å². The zero-order valence-electron chi connectivity index (χ0n) is 20.8. The largest absolute Gasteiger partial charge is 0.317 e. The van der Waals surface area contributed by atoms with Crippen LogP contribution in [0.3, 0.4) is 0 Å². The molecule has 180 valence electrons. The van der Waals surface area contributed by atoms with Crippen LogP contribution in [0.4, 0.5) is 0 Å². The summed E-state index contributed by atoms with van der Waals surface area (Å²) in [6, 6.07) is 8.19. The van der Waals surface area contributed by atoms with Gasteiger partial charge in [-0.05, 0) is 50.6 Å². The number of nitriles is 1. The van der Waals surface area contributed by atoms with E-state index >= 15 is 0 Å². The van der Waals surface area contributed by atoms with Crippen LogP contribution in [0.1, 0.15) is 58.1 Å². The van der Waals surface area contributed by atoms with Gasteiger partial charge in [-0.2, -0.15) is 15.5 Å². The van der Waals surface area contributed by atoms with E-state index in [0.29, 0.717) is 5.56 Å². The van der Waals surface area contributed by atoms with Crippen molar-refractivity contribution in [2.45, 2.75) is 63.8 Å². The molecule has 8 heteroatoms. The van der Waals surface area contributed by atoms with E-state index in [0.717, 1.165) is 32.1 Å². The number of fused-ring (bicyclic) bond motifs is 1. The third kappa shape index (κ3) is 7.17. The fourth-order valence-electron chi connectivity index (χ4n) is 3.29. The quantitative estimate of drug-likeness (QED) is 0.361. The minimum absolute atomic E-state index is 0.546. The van der Waals surface area contributed by atoms with Gasteiger partial charge in [0.2, 0.25) is 0 Å². The summed E-state index contributed by atoms with van der Waals surface area (Å²) in [5.41, 5.74) is 4.36. The Labute approximate surface area is 207 Å². The Morgan fingerprint density at radius 2 is 1.82 bits per heavy atom. The SMILES string of the molecule is C1CCNCC1.CC.CC.Cc1cccnc1Sc1cc(-c2cn[nH]c2)cn2ncc(C#N)c12. The first-order valence-electron chi connectivity index (χ1n) is 12.0. The van der Waals surface area contributed by atoms with E-state index < -0.39 is 0 Å². The lowest BCUT2D eigenvalue weighted by Gasteiger charge is -2.09. The summed E-state index contributed by atoms with van der Waals surface area (Å²) in [6.45, 7) is 12.5. The van der Waals surface area contributed by atoms with Crippen molar-refractivity contribution in [3.8, 4) is 17.2 Å². The number of aromatic amines is 1. The van der Waals surface area contributed by atoms with Crippen LogP contribution in [0.5, 0.6) is 0 Å². The number of nitrogens with one attached hydrogen (secondary N) is 2. The Hall–Kier alpha value is -3.15. The zero-order valence-corrected chi connectivity index (χ0v) is 21.6. The maximum absolute atomic E-state index is 9.38.